The number of ether oxygens (including phenoxy) is 12. The van der Waals surface area contributed by atoms with Gasteiger partial charge in [0.05, 0.1) is 47.3 Å². The second-order valence-electron chi connectivity index (χ2n) is 22.5. The van der Waals surface area contributed by atoms with Gasteiger partial charge in [0.25, 0.3) is 0 Å². The Hall–Kier alpha value is -8.96. The van der Waals surface area contributed by atoms with E-state index in [-0.39, 0.29) is 46.0 Å². The molecular weight excluding hydrogens is 1160 g/mol. The van der Waals surface area contributed by atoms with Crippen LogP contribution in [-0.4, -0.2) is 98.8 Å². The molecule has 0 atom stereocenters. The number of rotatable bonds is 24. The molecule has 0 heterocycles. The summed E-state index contributed by atoms with van der Waals surface area (Å²) >= 11 is 0. The van der Waals surface area contributed by atoms with E-state index in [1.807, 2.05) is 0 Å². The molecule has 6 rings (SSSR count). The molecule has 482 valence electrons. The molecule has 0 amide bonds. The zero-order valence-electron chi connectivity index (χ0n) is 50.9. The molecule has 4 fully saturated rings. The van der Waals surface area contributed by atoms with Crippen molar-refractivity contribution in [2.75, 3.05) is 27.2 Å². The maximum atomic E-state index is 12.8. The maximum Gasteiger partial charge on any atom is 0.335 e. The van der Waals surface area contributed by atoms with Crippen LogP contribution in [0, 0.1) is 54.3 Å². The highest BCUT2D eigenvalue weighted by Gasteiger charge is 2.36. The van der Waals surface area contributed by atoms with Crippen LogP contribution in [0.1, 0.15) is 136 Å². The minimum absolute atomic E-state index is 0.204. The van der Waals surface area contributed by atoms with Crippen molar-refractivity contribution in [3.63, 3.8) is 0 Å². The molecule has 89 heavy (non-hydrogen) atoms. The third-order valence-corrected chi connectivity index (χ3v) is 15.4. The summed E-state index contributed by atoms with van der Waals surface area (Å²) in [7, 11) is 0. The quantitative estimate of drug-likeness (QED) is 0.0311. The molecule has 0 radical (unpaired) electrons. The monoisotopic (exact) mass is 1240 g/mol. The summed E-state index contributed by atoms with van der Waals surface area (Å²) in [5.74, 6) is -7.98. The van der Waals surface area contributed by atoms with Crippen LogP contribution in [0.2, 0.25) is 0 Å². The molecular formula is C65H78O24. The third-order valence-electron chi connectivity index (χ3n) is 15.4. The van der Waals surface area contributed by atoms with Crippen molar-refractivity contribution >= 4 is 71.6 Å². The normalized spacial score (nSPS) is 21.0. The molecule has 0 N–H and O–H groups in total. The average Bonchev–Trinajstić information content (AvgIpc) is 3.30. The first-order chi connectivity index (χ1) is 42.3. The molecule has 0 saturated heterocycles. The summed E-state index contributed by atoms with van der Waals surface area (Å²) < 4.78 is 61.3. The molecule has 0 bridgehead atoms. The molecule has 4 aliphatic carbocycles. The topological polar surface area (TPSA) is 316 Å². The Morgan fingerprint density at radius 2 is 0.506 bits per heavy atom. The van der Waals surface area contributed by atoms with Gasteiger partial charge in [0.15, 0.2) is 0 Å². The van der Waals surface area contributed by atoms with Gasteiger partial charge in [0.2, 0.25) is 27.2 Å². The summed E-state index contributed by atoms with van der Waals surface area (Å²) in [6.45, 7) is 19.6. The first kappa shape index (κ1) is 70.8. The lowest BCUT2D eigenvalue weighted by Crippen LogP contribution is -2.30. The molecule has 4 saturated carbocycles. The molecule has 24 heteroatoms. The lowest BCUT2D eigenvalue weighted by Gasteiger charge is -2.26. The zero-order valence-corrected chi connectivity index (χ0v) is 50.9. The molecule has 24 nitrogen and oxygen atoms in total. The van der Waals surface area contributed by atoms with Gasteiger partial charge in [-0.2, -0.15) is 0 Å². The van der Waals surface area contributed by atoms with Crippen LogP contribution in [0.5, 0.6) is 23.0 Å². The fourth-order valence-corrected chi connectivity index (χ4v) is 9.95. The van der Waals surface area contributed by atoms with Crippen LogP contribution in [0.15, 0.2) is 91.1 Å². The van der Waals surface area contributed by atoms with E-state index < -0.39 is 122 Å². The van der Waals surface area contributed by atoms with E-state index >= 15 is 0 Å². The molecule has 0 aromatic heterocycles. The molecule has 0 unspecified atom stereocenters. The highest BCUT2D eigenvalue weighted by atomic mass is 16.7. The number of carbonyl (C=O) groups excluding carboxylic acids is 12. The van der Waals surface area contributed by atoms with Crippen molar-refractivity contribution in [2.45, 2.75) is 137 Å². The highest BCUT2D eigenvalue weighted by molar-refractivity contribution is 5.89. The Kier molecular flexibility index (Phi) is 28.0. The number of carbonyl (C=O) groups is 12. The summed E-state index contributed by atoms with van der Waals surface area (Å²) in [6.07, 6.45) is 7.09. The standard InChI is InChI=1S/C33H40O12.C32H38O12/c1-19(2)28(34)40-17-42-30(36)22-6-10-24(11-7-22)32(38)44-26-14-15-27(21(5)16-26)45-33(39)25-12-8-23(9-13-25)31(37)43-18-41-29(35)20(3)4;1-19(2)27(33)39-17-41-29(35)21-5-9-23(10-6-21)31(37)43-25-13-15-26(16-14-25)44-32(38)24-11-7-22(8-12-24)30(36)42-18-40-28(34)20(3)4/h14-16,22-25H,1,3,6-13,17-18H2,2,4-5H3;13-16,21-24H,1,3,5-12,17-18H2,2,4H3. The number of hydrogen-bond acceptors (Lipinski definition) is 24. The van der Waals surface area contributed by atoms with Gasteiger partial charge in [0, 0.05) is 22.3 Å². The van der Waals surface area contributed by atoms with E-state index in [1.54, 1.807) is 25.1 Å². The van der Waals surface area contributed by atoms with Crippen LogP contribution in [0.3, 0.4) is 0 Å². The zero-order chi connectivity index (χ0) is 65.3. The van der Waals surface area contributed by atoms with Gasteiger partial charge >= 0.3 is 71.6 Å². The van der Waals surface area contributed by atoms with Gasteiger partial charge < -0.3 is 56.8 Å². The Labute approximate surface area is 515 Å². The van der Waals surface area contributed by atoms with Gasteiger partial charge in [-0.25, -0.2) is 19.2 Å². The number of aryl methyl sites for hydroxylation is 1. The fourth-order valence-electron chi connectivity index (χ4n) is 9.95. The molecule has 4 aliphatic rings. The Morgan fingerprint density at radius 3 is 0.730 bits per heavy atom. The summed E-state index contributed by atoms with van der Waals surface area (Å²) in [5, 5.41) is 0. The number of esters is 12. The predicted molar refractivity (Wildman–Crippen MR) is 309 cm³/mol. The third kappa shape index (κ3) is 23.3. The second-order valence-corrected chi connectivity index (χ2v) is 22.5. The van der Waals surface area contributed by atoms with E-state index in [0.29, 0.717) is 131 Å². The van der Waals surface area contributed by atoms with Crippen LogP contribution < -0.4 is 18.9 Å². The SMILES string of the molecule is C=C(C)C(=O)OCOC(=O)C1CCC(C(=O)Oc2ccc(OC(=O)C3CCC(C(=O)OCOC(=O)C(=C)C)CC3)c(C)c2)CC1.C=C(C)C(=O)OCOC(=O)C1CCC(C(=O)Oc2ccc(OC(=O)C3CCC(C(=O)OCOC(=O)C(=C)C)CC3)cc2)CC1. The van der Waals surface area contributed by atoms with Crippen molar-refractivity contribution in [3.05, 3.63) is 96.6 Å². The van der Waals surface area contributed by atoms with Crippen LogP contribution in [-0.2, 0) is 95.4 Å². The van der Waals surface area contributed by atoms with Crippen LogP contribution in [0.25, 0.3) is 0 Å². The molecule has 2 aromatic rings. The first-order valence-corrected chi connectivity index (χ1v) is 29.3. The van der Waals surface area contributed by atoms with Gasteiger partial charge in [-0.15, -0.1) is 0 Å². The van der Waals surface area contributed by atoms with Crippen molar-refractivity contribution in [3.8, 4) is 23.0 Å². The minimum atomic E-state index is -0.641. The summed E-state index contributed by atoms with van der Waals surface area (Å²) in [5.41, 5.74) is 1.42. The average molecular weight is 1240 g/mol. The summed E-state index contributed by atoms with van der Waals surface area (Å²) in [4.78, 5) is 145. The van der Waals surface area contributed by atoms with Crippen molar-refractivity contribution in [2.24, 2.45) is 47.3 Å². The smallest absolute Gasteiger partial charge is 0.335 e. The van der Waals surface area contributed by atoms with E-state index in [1.165, 1.54) is 52.0 Å². The van der Waals surface area contributed by atoms with Gasteiger partial charge in [0.1, 0.15) is 23.0 Å². The van der Waals surface area contributed by atoms with Gasteiger partial charge in [-0.3, -0.25) is 38.4 Å². The second kappa shape index (κ2) is 35.1. The van der Waals surface area contributed by atoms with Gasteiger partial charge in [-0.05, 0) is 185 Å². The number of benzene rings is 2. The number of hydrogen-bond donors (Lipinski definition) is 0. The lowest BCUT2D eigenvalue weighted by molar-refractivity contribution is -0.170. The highest BCUT2D eigenvalue weighted by Crippen LogP contribution is 2.36. The minimum Gasteiger partial charge on any atom is -0.428 e. The fraction of sp³-hybridized carbons (Fsp3) is 0.508. The first-order valence-electron chi connectivity index (χ1n) is 29.3. The van der Waals surface area contributed by atoms with Crippen LogP contribution >= 0.6 is 0 Å². The van der Waals surface area contributed by atoms with Crippen molar-refractivity contribution in [1.82, 2.24) is 0 Å². The van der Waals surface area contributed by atoms with Crippen molar-refractivity contribution in [1.29, 1.82) is 0 Å². The summed E-state index contributed by atoms with van der Waals surface area (Å²) in [6, 6.07) is 10.9. The maximum absolute atomic E-state index is 12.8. The van der Waals surface area contributed by atoms with Crippen molar-refractivity contribution < 1.29 is 114 Å². The Balaban J connectivity index is 0.000000324. The van der Waals surface area contributed by atoms with E-state index in [2.05, 4.69) is 26.3 Å². The molecule has 0 aliphatic heterocycles. The Morgan fingerprint density at radius 1 is 0.303 bits per heavy atom. The largest absolute Gasteiger partial charge is 0.428 e. The van der Waals surface area contributed by atoms with E-state index in [9.17, 15) is 57.5 Å². The van der Waals surface area contributed by atoms with Crippen LogP contribution in [0.4, 0.5) is 0 Å². The van der Waals surface area contributed by atoms with Gasteiger partial charge in [-0.1, -0.05) is 26.3 Å². The molecule has 2 aromatic carbocycles. The Bertz CT molecular complexity index is 2860. The lowest BCUT2D eigenvalue weighted by atomic mass is 9.82. The van der Waals surface area contributed by atoms with E-state index in [4.69, 9.17) is 56.8 Å². The predicted octanol–water partition coefficient (Wildman–Crippen LogP) is 9.01. The van der Waals surface area contributed by atoms with E-state index in [0.717, 1.165) is 0 Å². The molecule has 0 spiro atoms.